The molecule has 0 saturated carbocycles. The number of rotatable bonds is 6. The molecule has 0 aromatic carbocycles. The van der Waals surface area contributed by atoms with E-state index in [-0.39, 0.29) is 12.6 Å². The van der Waals surface area contributed by atoms with Gasteiger partial charge in [-0.25, -0.2) is 0 Å². The molecule has 0 unspecified atom stereocenters. The van der Waals surface area contributed by atoms with Crippen molar-refractivity contribution in [1.82, 2.24) is 5.32 Å². The Morgan fingerprint density at radius 2 is 2.29 bits per heavy atom. The summed E-state index contributed by atoms with van der Waals surface area (Å²) in [5.74, 6) is 0.489. The average molecular weight is 213 g/mol. The summed E-state index contributed by atoms with van der Waals surface area (Å²) in [7, 11) is 0. The summed E-state index contributed by atoms with van der Waals surface area (Å²) < 4.78 is 0. The third-order valence-electron chi connectivity index (χ3n) is 2.36. The van der Waals surface area contributed by atoms with Crippen LogP contribution in [0.4, 0.5) is 0 Å². The zero-order valence-electron chi connectivity index (χ0n) is 8.86. The number of nitrogens with one attached hydrogen (secondary N) is 1. The fourth-order valence-corrected chi connectivity index (χ4v) is 2.06. The second kappa shape index (κ2) is 6.17. The van der Waals surface area contributed by atoms with Crippen LogP contribution >= 0.6 is 11.3 Å². The normalized spacial score (nSPS) is 13.4. The predicted molar refractivity (Wildman–Crippen MR) is 61.7 cm³/mol. The van der Waals surface area contributed by atoms with Crippen molar-refractivity contribution in [3.63, 3.8) is 0 Å². The summed E-state index contributed by atoms with van der Waals surface area (Å²) in [6, 6.07) is 4.46. The van der Waals surface area contributed by atoms with Gasteiger partial charge in [-0.1, -0.05) is 19.9 Å². The molecule has 2 nitrogen and oxygen atoms in total. The molecule has 1 heterocycles. The van der Waals surface area contributed by atoms with E-state index in [0.717, 1.165) is 13.0 Å². The molecule has 1 atom stereocenters. The zero-order valence-corrected chi connectivity index (χ0v) is 9.68. The highest BCUT2D eigenvalue weighted by Crippen LogP contribution is 2.08. The lowest BCUT2D eigenvalue weighted by Crippen LogP contribution is -2.38. The van der Waals surface area contributed by atoms with Gasteiger partial charge in [0.2, 0.25) is 0 Å². The molecule has 80 valence electrons. The Morgan fingerprint density at radius 1 is 1.50 bits per heavy atom. The minimum absolute atomic E-state index is 0.224. The molecule has 0 spiro atoms. The van der Waals surface area contributed by atoms with Gasteiger partial charge in [0, 0.05) is 17.5 Å². The minimum Gasteiger partial charge on any atom is -0.395 e. The summed E-state index contributed by atoms with van der Waals surface area (Å²) >= 11 is 1.79. The first-order chi connectivity index (χ1) is 6.74. The SMILES string of the molecule is CC(C)[C@@H](CO)NCCc1cccs1. The molecule has 0 amide bonds. The minimum atomic E-state index is 0.224. The fourth-order valence-electron chi connectivity index (χ4n) is 1.35. The topological polar surface area (TPSA) is 32.3 Å². The second-order valence-electron chi connectivity index (χ2n) is 3.82. The van der Waals surface area contributed by atoms with E-state index in [0.29, 0.717) is 5.92 Å². The van der Waals surface area contributed by atoms with Gasteiger partial charge in [-0.2, -0.15) is 0 Å². The summed E-state index contributed by atoms with van der Waals surface area (Å²) in [5, 5.41) is 14.6. The second-order valence-corrected chi connectivity index (χ2v) is 4.85. The van der Waals surface area contributed by atoms with Crippen LogP contribution in [-0.4, -0.2) is 24.3 Å². The number of aliphatic hydroxyl groups excluding tert-OH is 1. The predicted octanol–water partition coefficient (Wildman–Crippen LogP) is 1.90. The molecular weight excluding hydrogens is 194 g/mol. The fraction of sp³-hybridized carbons (Fsp3) is 0.636. The Balaban J connectivity index is 2.20. The first-order valence-electron chi connectivity index (χ1n) is 5.10. The van der Waals surface area contributed by atoms with Crippen molar-refractivity contribution in [2.45, 2.75) is 26.3 Å². The molecule has 0 radical (unpaired) electrons. The summed E-state index contributed by atoms with van der Waals surface area (Å²) in [6.07, 6.45) is 1.06. The molecule has 0 aliphatic carbocycles. The Kier molecular flexibility index (Phi) is 5.15. The van der Waals surface area contributed by atoms with Crippen molar-refractivity contribution in [1.29, 1.82) is 0 Å². The number of thiophene rings is 1. The summed E-state index contributed by atoms with van der Waals surface area (Å²) in [5.41, 5.74) is 0. The van der Waals surface area contributed by atoms with E-state index in [1.165, 1.54) is 4.88 Å². The molecule has 3 heteroatoms. The van der Waals surface area contributed by atoms with Gasteiger partial charge in [-0.15, -0.1) is 11.3 Å². The Labute approximate surface area is 90.0 Å². The summed E-state index contributed by atoms with van der Waals surface area (Å²) in [4.78, 5) is 1.40. The third kappa shape index (κ3) is 3.78. The molecule has 0 aliphatic heterocycles. The highest BCUT2D eigenvalue weighted by molar-refractivity contribution is 7.09. The maximum absolute atomic E-state index is 9.09. The lowest BCUT2D eigenvalue weighted by molar-refractivity contribution is 0.212. The highest BCUT2D eigenvalue weighted by Gasteiger charge is 2.10. The van der Waals surface area contributed by atoms with Crippen LogP contribution in [0, 0.1) is 5.92 Å². The van der Waals surface area contributed by atoms with Crippen LogP contribution in [0.5, 0.6) is 0 Å². The van der Waals surface area contributed by atoms with Crippen LogP contribution in [0.1, 0.15) is 18.7 Å². The Hall–Kier alpha value is -0.380. The van der Waals surface area contributed by atoms with Gasteiger partial charge in [0.05, 0.1) is 6.61 Å². The number of hydrogen-bond donors (Lipinski definition) is 2. The molecule has 1 aromatic heterocycles. The molecule has 0 bridgehead atoms. The van der Waals surface area contributed by atoms with Crippen molar-refractivity contribution < 1.29 is 5.11 Å². The van der Waals surface area contributed by atoms with Gasteiger partial charge >= 0.3 is 0 Å². The number of aliphatic hydroxyl groups is 1. The van der Waals surface area contributed by atoms with Crippen LogP contribution < -0.4 is 5.32 Å². The van der Waals surface area contributed by atoms with Crippen molar-refractivity contribution in [3.8, 4) is 0 Å². The first kappa shape index (κ1) is 11.7. The van der Waals surface area contributed by atoms with Crippen LogP contribution in [0.15, 0.2) is 17.5 Å². The smallest absolute Gasteiger partial charge is 0.0587 e. The van der Waals surface area contributed by atoms with Gasteiger partial charge in [-0.05, 0) is 23.8 Å². The Morgan fingerprint density at radius 3 is 2.79 bits per heavy atom. The molecular formula is C11H19NOS. The van der Waals surface area contributed by atoms with Gasteiger partial charge < -0.3 is 10.4 Å². The molecule has 1 rings (SSSR count). The van der Waals surface area contributed by atoms with E-state index in [1.807, 2.05) is 0 Å². The van der Waals surface area contributed by atoms with Crippen LogP contribution in [-0.2, 0) is 6.42 Å². The molecule has 0 fully saturated rings. The lowest BCUT2D eigenvalue weighted by Gasteiger charge is -2.19. The molecule has 2 N–H and O–H groups in total. The van der Waals surface area contributed by atoms with E-state index < -0.39 is 0 Å². The Bertz CT molecular complexity index is 233. The third-order valence-corrected chi connectivity index (χ3v) is 3.30. The maximum atomic E-state index is 9.09. The first-order valence-corrected chi connectivity index (χ1v) is 5.98. The van der Waals surface area contributed by atoms with E-state index in [4.69, 9.17) is 5.11 Å². The molecule has 0 aliphatic rings. The largest absolute Gasteiger partial charge is 0.395 e. The van der Waals surface area contributed by atoms with E-state index in [9.17, 15) is 0 Å². The molecule has 0 saturated heterocycles. The number of hydrogen-bond acceptors (Lipinski definition) is 3. The van der Waals surface area contributed by atoms with Gasteiger partial charge in [0.15, 0.2) is 0 Å². The van der Waals surface area contributed by atoms with E-state index in [1.54, 1.807) is 11.3 Å². The van der Waals surface area contributed by atoms with Gasteiger partial charge in [0.25, 0.3) is 0 Å². The average Bonchev–Trinajstić information content (AvgIpc) is 2.64. The quantitative estimate of drug-likeness (QED) is 0.756. The van der Waals surface area contributed by atoms with Gasteiger partial charge in [0.1, 0.15) is 0 Å². The van der Waals surface area contributed by atoms with E-state index >= 15 is 0 Å². The standard InChI is InChI=1S/C11H19NOS/c1-9(2)11(8-13)12-6-5-10-4-3-7-14-10/h3-4,7,9,11-13H,5-6,8H2,1-2H3/t11-/m1/s1. The van der Waals surface area contributed by atoms with Crippen molar-refractivity contribution in [3.05, 3.63) is 22.4 Å². The maximum Gasteiger partial charge on any atom is 0.0587 e. The zero-order chi connectivity index (χ0) is 10.4. The highest BCUT2D eigenvalue weighted by atomic mass is 32.1. The van der Waals surface area contributed by atoms with Crippen LogP contribution in [0.25, 0.3) is 0 Å². The van der Waals surface area contributed by atoms with Crippen LogP contribution in [0.3, 0.4) is 0 Å². The lowest BCUT2D eigenvalue weighted by atomic mass is 10.1. The summed E-state index contributed by atoms with van der Waals surface area (Å²) in [6.45, 7) is 5.42. The van der Waals surface area contributed by atoms with Crippen molar-refractivity contribution in [2.75, 3.05) is 13.2 Å². The monoisotopic (exact) mass is 213 g/mol. The molecule has 14 heavy (non-hydrogen) atoms. The molecule has 1 aromatic rings. The van der Waals surface area contributed by atoms with Crippen molar-refractivity contribution in [2.24, 2.45) is 5.92 Å². The van der Waals surface area contributed by atoms with E-state index in [2.05, 4.69) is 36.7 Å². The van der Waals surface area contributed by atoms with Crippen molar-refractivity contribution >= 4 is 11.3 Å². The van der Waals surface area contributed by atoms with Crippen LogP contribution in [0.2, 0.25) is 0 Å². The van der Waals surface area contributed by atoms with Gasteiger partial charge in [-0.3, -0.25) is 0 Å².